The average molecular weight is 351 g/mol. The van der Waals surface area contributed by atoms with E-state index >= 15 is 0 Å². The number of nitrogens with zero attached hydrogens (tertiary/aromatic N) is 1. The Morgan fingerprint density at radius 2 is 1.62 bits per heavy atom. The topological polar surface area (TPSA) is 32.3 Å². The van der Waals surface area contributed by atoms with Crippen LogP contribution in [0.2, 0.25) is 0 Å². The summed E-state index contributed by atoms with van der Waals surface area (Å²) in [6, 6.07) is 18.9. The maximum atomic E-state index is 13.2. The standard InChI is InChI=1S/C23H30N2O/c1-3-25(4-2)23(26)21-13-9-8-12-20(21)22(18-10-6-5-7-11-18)19-14-16-24-17-15-19/h5-13,19,22,24H,3-4,14-17H2,1-2H3. The fourth-order valence-corrected chi connectivity index (χ4v) is 4.19. The van der Waals surface area contributed by atoms with Crippen molar-refractivity contribution in [3.8, 4) is 0 Å². The third-order valence-corrected chi connectivity index (χ3v) is 5.59. The average Bonchev–Trinajstić information content (AvgIpc) is 2.71. The molecule has 1 saturated heterocycles. The Bertz CT molecular complexity index is 703. The van der Waals surface area contributed by atoms with Gasteiger partial charge in [0.25, 0.3) is 5.91 Å². The molecule has 1 aliphatic heterocycles. The molecule has 3 heteroatoms. The molecule has 138 valence electrons. The Kier molecular flexibility index (Phi) is 6.45. The van der Waals surface area contributed by atoms with Crippen molar-refractivity contribution in [2.24, 2.45) is 5.92 Å². The Labute approximate surface area is 157 Å². The summed E-state index contributed by atoms with van der Waals surface area (Å²) in [7, 11) is 0. The molecule has 26 heavy (non-hydrogen) atoms. The molecule has 2 aromatic carbocycles. The molecule has 3 nitrogen and oxygen atoms in total. The van der Waals surface area contributed by atoms with Gasteiger partial charge < -0.3 is 10.2 Å². The lowest BCUT2D eigenvalue weighted by Crippen LogP contribution is -2.34. The summed E-state index contributed by atoms with van der Waals surface area (Å²) in [6.07, 6.45) is 2.29. The fraction of sp³-hybridized carbons (Fsp3) is 0.435. The molecule has 1 aliphatic rings. The van der Waals surface area contributed by atoms with Crippen molar-refractivity contribution in [1.82, 2.24) is 10.2 Å². The number of piperidine rings is 1. The number of nitrogens with one attached hydrogen (secondary N) is 1. The van der Waals surface area contributed by atoms with Crippen LogP contribution in [0.25, 0.3) is 0 Å². The highest BCUT2D eigenvalue weighted by Crippen LogP contribution is 2.38. The molecule has 0 saturated carbocycles. The lowest BCUT2D eigenvalue weighted by Gasteiger charge is -2.33. The Morgan fingerprint density at radius 3 is 2.27 bits per heavy atom. The molecule has 2 aromatic rings. The summed E-state index contributed by atoms with van der Waals surface area (Å²) >= 11 is 0. The van der Waals surface area contributed by atoms with Gasteiger partial charge in [0.1, 0.15) is 0 Å². The first-order chi connectivity index (χ1) is 12.8. The van der Waals surface area contributed by atoms with Gasteiger partial charge in [0.05, 0.1) is 0 Å². The zero-order chi connectivity index (χ0) is 18.4. The SMILES string of the molecule is CCN(CC)C(=O)c1ccccc1C(c1ccccc1)C1CCNCC1. The highest BCUT2D eigenvalue weighted by Gasteiger charge is 2.30. The fourth-order valence-electron chi connectivity index (χ4n) is 4.19. The second-order valence-electron chi connectivity index (χ2n) is 7.04. The van der Waals surface area contributed by atoms with Gasteiger partial charge in [-0.05, 0) is 62.9 Å². The van der Waals surface area contributed by atoms with Gasteiger partial charge in [-0.2, -0.15) is 0 Å². The molecule has 0 bridgehead atoms. The van der Waals surface area contributed by atoms with Gasteiger partial charge in [-0.1, -0.05) is 48.5 Å². The first-order valence-electron chi connectivity index (χ1n) is 9.90. The zero-order valence-corrected chi connectivity index (χ0v) is 15.9. The summed E-state index contributed by atoms with van der Waals surface area (Å²) in [5.41, 5.74) is 3.37. The Hall–Kier alpha value is -2.13. The van der Waals surface area contributed by atoms with Crippen LogP contribution >= 0.6 is 0 Å². The highest BCUT2D eigenvalue weighted by molar-refractivity contribution is 5.96. The maximum Gasteiger partial charge on any atom is 0.254 e. The molecule has 0 aromatic heterocycles. The molecule has 1 fully saturated rings. The Balaban J connectivity index is 2.05. The van der Waals surface area contributed by atoms with Crippen molar-refractivity contribution in [2.45, 2.75) is 32.6 Å². The van der Waals surface area contributed by atoms with Crippen molar-refractivity contribution in [3.05, 3.63) is 71.3 Å². The third-order valence-electron chi connectivity index (χ3n) is 5.59. The number of hydrogen-bond acceptors (Lipinski definition) is 2. The van der Waals surface area contributed by atoms with E-state index in [9.17, 15) is 4.79 Å². The van der Waals surface area contributed by atoms with Gasteiger partial charge in [0, 0.05) is 24.6 Å². The zero-order valence-electron chi connectivity index (χ0n) is 15.9. The normalized spacial score (nSPS) is 16.2. The van der Waals surface area contributed by atoms with Crippen LogP contribution in [0.15, 0.2) is 54.6 Å². The smallest absolute Gasteiger partial charge is 0.254 e. The minimum Gasteiger partial charge on any atom is -0.339 e. The highest BCUT2D eigenvalue weighted by atomic mass is 16.2. The van der Waals surface area contributed by atoms with Crippen LogP contribution in [0.3, 0.4) is 0 Å². The number of hydrogen-bond donors (Lipinski definition) is 1. The van der Waals surface area contributed by atoms with Crippen LogP contribution in [0.1, 0.15) is 54.1 Å². The minimum atomic E-state index is 0.153. The van der Waals surface area contributed by atoms with E-state index in [0.29, 0.717) is 5.92 Å². The first kappa shape index (κ1) is 18.7. The van der Waals surface area contributed by atoms with Gasteiger partial charge in [0.15, 0.2) is 0 Å². The van der Waals surface area contributed by atoms with E-state index in [-0.39, 0.29) is 11.8 Å². The molecule has 3 rings (SSSR count). The van der Waals surface area contributed by atoms with Crippen LogP contribution in [0.5, 0.6) is 0 Å². The molecule has 1 heterocycles. The van der Waals surface area contributed by atoms with Crippen molar-refractivity contribution >= 4 is 5.91 Å². The molecule has 0 spiro atoms. The van der Waals surface area contributed by atoms with Crippen molar-refractivity contribution in [3.63, 3.8) is 0 Å². The summed E-state index contributed by atoms with van der Waals surface area (Å²) in [5, 5.41) is 3.47. The largest absolute Gasteiger partial charge is 0.339 e. The second kappa shape index (κ2) is 9.00. The van der Waals surface area contributed by atoms with Crippen molar-refractivity contribution in [1.29, 1.82) is 0 Å². The third kappa shape index (κ3) is 3.99. The van der Waals surface area contributed by atoms with E-state index in [2.05, 4.69) is 47.8 Å². The molecule has 1 amide bonds. The van der Waals surface area contributed by atoms with Crippen LogP contribution in [-0.4, -0.2) is 37.0 Å². The lowest BCUT2D eigenvalue weighted by atomic mass is 9.75. The Morgan fingerprint density at radius 1 is 1.00 bits per heavy atom. The van der Waals surface area contributed by atoms with E-state index in [1.807, 2.05) is 30.9 Å². The van der Waals surface area contributed by atoms with Crippen LogP contribution in [0.4, 0.5) is 0 Å². The summed E-state index contributed by atoms with van der Waals surface area (Å²) in [6.45, 7) is 7.69. The number of carbonyl (C=O) groups is 1. The van der Waals surface area contributed by atoms with Crippen molar-refractivity contribution < 1.29 is 4.79 Å². The van der Waals surface area contributed by atoms with Gasteiger partial charge >= 0.3 is 0 Å². The van der Waals surface area contributed by atoms with Gasteiger partial charge in [0.2, 0.25) is 0 Å². The maximum absolute atomic E-state index is 13.2. The molecule has 0 aliphatic carbocycles. The lowest BCUT2D eigenvalue weighted by molar-refractivity contribution is 0.0771. The first-order valence-corrected chi connectivity index (χ1v) is 9.90. The van der Waals surface area contributed by atoms with Crippen molar-refractivity contribution in [2.75, 3.05) is 26.2 Å². The van der Waals surface area contributed by atoms with Crippen LogP contribution in [0, 0.1) is 5.92 Å². The van der Waals surface area contributed by atoms with E-state index in [0.717, 1.165) is 44.6 Å². The molecule has 1 unspecified atom stereocenters. The van der Waals surface area contributed by atoms with E-state index in [4.69, 9.17) is 0 Å². The molecule has 1 atom stereocenters. The predicted molar refractivity (Wildman–Crippen MR) is 108 cm³/mol. The number of amides is 1. The van der Waals surface area contributed by atoms with E-state index in [1.54, 1.807) is 0 Å². The van der Waals surface area contributed by atoms with E-state index in [1.165, 1.54) is 11.1 Å². The monoisotopic (exact) mass is 350 g/mol. The van der Waals surface area contributed by atoms with Crippen LogP contribution in [-0.2, 0) is 0 Å². The van der Waals surface area contributed by atoms with Gasteiger partial charge in [-0.25, -0.2) is 0 Å². The molecule has 1 N–H and O–H groups in total. The van der Waals surface area contributed by atoms with Crippen LogP contribution < -0.4 is 5.32 Å². The number of benzene rings is 2. The summed E-state index contributed by atoms with van der Waals surface area (Å²) in [4.78, 5) is 15.1. The summed E-state index contributed by atoms with van der Waals surface area (Å²) in [5.74, 6) is 0.985. The quantitative estimate of drug-likeness (QED) is 0.842. The minimum absolute atomic E-state index is 0.153. The second-order valence-corrected chi connectivity index (χ2v) is 7.04. The van der Waals surface area contributed by atoms with Gasteiger partial charge in [-0.15, -0.1) is 0 Å². The molecular weight excluding hydrogens is 320 g/mol. The molecular formula is C23H30N2O. The number of rotatable bonds is 6. The number of carbonyl (C=O) groups excluding carboxylic acids is 1. The molecule has 0 radical (unpaired) electrons. The van der Waals surface area contributed by atoms with Gasteiger partial charge in [-0.3, -0.25) is 4.79 Å². The van der Waals surface area contributed by atoms with E-state index < -0.39 is 0 Å². The predicted octanol–water partition coefficient (Wildman–Crippen LogP) is 4.30. The summed E-state index contributed by atoms with van der Waals surface area (Å²) < 4.78 is 0.